The number of carbonyl (C=O) groups excluding carboxylic acids is 1. The van der Waals surface area contributed by atoms with Crippen molar-refractivity contribution in [2.45, 2.75) is 24.7 Å². The molecule has 2 unspecified atom stereocenters. The number of nitrogens with one attached hydrogen (secondary N) is 1. The van der Waals surface area contributed by atoms with Crippen LogP contribution in [0, 0.1) is 5.82 Å². The third-order valence-electron chi connectivity index (χ3n) is 6.50. The van der Waals surface area contributed by atoms with E-state index >= 15 is 4.39 Å². The largest absolute Gasteiger partial charge is 0.469 e. The number of fused-ring (bicyclic) bond motifs is 3. The van der Waals surface area contributed by atoms with Crippen molar-refractivity contribution < 1.29 is 13.6 Å². The van der Waals surface area contributed by atoms with E-state index in [-0.39, 0.29) is 17.5 Å². The number of hydrogen-bond acceptors (Lipinski definition) is 3. The van der Waals surface area contributed by atoms with Crippen LogP contribution in [0.4, 0.5) is 10.1 Å². The van der Waals surface area contributed by atoms with E-state index in [1.54, 1.807) is 18.4 Å². The lowest BCUT2D eigenvalue weighted by Gasteiger charge is -2.37. The Morgan fingerprint density at radius 2 is 1.74 bits per heavy atom. The van der Waals surface area contributed by atoms with Crippen molar-refractivity contribution >= 4 is 22.2 Å². The Labute approximate surface area is 179 Å². The number of hydrogen-bond donors (Lipinski definition) is 1. The molecule has 4 heteroatoms. The summed E-state index contributed by atoms with van der Waals surface area (Å²) < 4.78 is 20.7. The Morgan fingerprint density at radius 1 is 0.903 bits per heavy atom. The van der Waals surface area contributed by atoms with E-state index in [0.29, 0.717) is 24.0 Å². The number of ketones is 1. The van der Waals surface area contributed by atoms with Crippen LogP contribution in [0.3, 0.4) is 0 Å². The van der Waals surface area contributed by atoms with Gasteiger partial charge in [0.1, 0.15) is 11.6 Å². The summed E-state index contributed by atoms with van der Waals surface area (Å²) in [5, 5.41) is 5.64. The average Bonchev–Trinajstić information content (AvgIpc) is 3.33. The van der Waals surface area contributed by atoms with Crippen molar-refractivity contribution in [3.63, 3.8) is 0 Å². The predicted molar refractivity (Wildman–Crippen MR) is 119 cm³/mol. The van der Waals surface area contributed by atoms with E-state index in [1.165, 1.54) is 6.07 Å². The Morgan fingerprint density at radius 3 is 2.58 bits per heavy atom. The number of benzene rings is 3. The van der Waals surface area contributed by atoms with E-state index in [2.05, 4.69) is 11.4 Å². The molecule has 31 heavy (non-hydrogen) atoms. The van der Waals surface area contributed by atoms with Gasteiger partial charge >= 0.3 is 0 Å². The van der Waals surface area contributed by atoms with Crippen LogP contribution >= 0.6 is 0 Å². The molecule has 1 N–H and O–H groups in total. The summed E-state index contributed by atoms with van der Waals surface area (Å²) in [7, 11) is 0. The fraction of sp³-hybridized carbons (Fsp3) is 0.148. The third-order valence-corrected chi connectivity index (χ3v) is 6.50. The second kappa shape index (κ2) is 6.95. The van der Waals surface area contributed by atoms with Crippen LogP contribution in [0.25, 0.3) is 10.8 Å². The van der Waals surface area contributed by atoms with Gasteiger partial charge in [-0.1, -0.05) is 48.5 Å². The molecule has 3 aromatic carbocycles. The summed E-state index contributed by atoms with van der Waals surface area (Å²) in [6.45, 7) is 0. The van der Waals surface area contributed by atoms with Crippen LogP contribution < -0.4 is 5.32 Å². The third kappa shape index (κ3) is 2.82. The number of anilines is 1. The monoisotopic (exact) mass is 409 g/mol. The van der Waals surface area contributed by atoms with Crippen molar-refractivity contribution in [3.8, 4) is 0 Å². The molecule has 0 spiro atoms. The number of allylic oxidation sites excluding steroid dienone is 2. The molecule has 2 atom stereocenters. The molecular formula is C27H20FNO2. The average molecular weight is 409 g/mol. The first-order valence-corrected chi connectivity index (χ1v) is 10.5. The molecule has 2 heterocycles. The van der Waals surface area contributed by atoms with E-state index in [9.17, 15) is 4.79 Å². The molecule has 3 nitrogen and oxygen atoms in total. The summed E-state index contributed by atoms with van der Waals surface area (Å²) in [5.74, 6) is 0.108. The SMILES string of the molecule is O=C1CC(c2ccco2)CC2=C1C(c1ccccc1F)c1c(ccc3ccccc13)N2. The fourth-order valence-corrected chi connectivity index (χ4v) is 5.15. The van der Waals surface area contributed by atoms with Crippen LogP contribution in [0.1, 0.15) is 41.6 Å². The first kappa shape index (κ1) is 18.1. The summed E-state index contributed by atoms with van der Waals surface area (Å²) in [6.07, 6.45) is 2.66. The van der Waals surface area contributed by atoms with E-state index in [0.717, 1.165) is 33.5 Å². The van der Waals surface area contributed by atoms with Crippen molar-refractivity contribution in [3.05, 3.63) is 113 Å². The second-order valence-corrected chi connectivity index (χ2v) is 8.26. The molecule has 4 aromatic rings. The normalized spacial score (nSPS) is 20.4. The molecule has 6 rings (SSSR count). The molecule has 0 radical (unpaired) electrons. The van der Waals surface area contributed by atoms with E-state index in [4.69, 9.17) is 4.42 Å². The Bertz CT molecular complexity index is 1350. The van der Waals surface area contributed by atoms with Gasteiger partial charge in [-0.2, -0.15) is 0 Å². The van der Waals surface area contributed by atoms with Crippen LogP contribution in [0.15, 0.2) is 94.7 Å². The predicted octanol–water partition coefficient (Wildman–Crippen LogP) is 6.53. The lowest BCUT2D eigenvalue weighted by molar-refractivity contribution is -0.116. The fourth-order valence-electron chi connectivity index (χ4n) is 5.15. The molecule has 152 valence electrons. The summed E-state index contributed by atoms with van der Waals surface area (Å²) in [4.78, 5) is 13.5. The second-order valence-electron chi connectivity index (χ2n) is 8.26. The number of furan rings is 1. The first-order valence-electron chi connectivity index (χ1n) is 10.5. The van der Waals surface area contributed by atoms with Gasteiger partial charge in [-0.05, 0) is 47.0 Å². The van der Waals surface area contributed by atoms with E-state index in [1.807, 2.05) is 48.5 Å². The summed E-state index contributed by atoms with van der Waals surface area (Å²) >= 11 is 0. The highest BCUT2D eigenvalue weighted by Crippen LogP contribution is 2.50. The summed E-state index contributed by atoms with van der Waals surface area (Å²) in [5.41, 5.74) is 3.98. The van der Waals surface area contributed by atoms with Gasteiger partial charge in [0.05, 0.1) is 6.26 Å². The zero-order chi connectivity index (χ0) is 20.9. The van der Waals surface area contributed by atoms with Crippen LogP contribution in [0.5, 0.6) is 0 Å². The quantitative estimate of drug-likeness (QED) is 0.409. The minimum Gasteiger partial charge on any atom is -0.469 e. The Hall–Kier alpha value is -3.66. The lowest BCUT2D eigenvalue weighted by atomic mass is 9.71. The van der Waals surface area contributed by atoms with Gasteiger partial charge in [0.25, 0.3) is 0 Å². The standard InChI is InChI=1S/C27H20FNO2/c28-20-9-4-3-8-19(20)26-25-18-7-2-1-6-16(18)11-12-21(25)29-22-14-17(15-23(30)27(22)26)24-10-5-13-31-24/h1-13,17,26,29H,14-15H2. The van der Waals surface area contributed by atoms with E-state index < -0.39 is 5.92 Å². The highest BCUT2D eigenvalue weighted by Gasteiger charge is 2.40. The van der Waals surface area contributed by atoms with Gasteiger partial charge < -0.3 is 9.73 Å². The van der Waals surface area contributed by atoms with Crippen molar-refractivity contribution in [1.29, 1.82) is 0 Å². The molecule has 0 saturated heterocycles. The van der Waals surface area contributed by atoms with Gasteiger partial charge in [-0.3, -0.25) is 4.79 Å². The zero-order valence-electron chi connectivity index (χ0n) is 16.8. The highest BCUT2D eigenvalue weighted by atomic mass is 19.1. The molecule has 1 aliphatic carbocycles. The zero-order valence-corrected chi connectivity index (χ0v) is 16.8. The lowest BCUT2D eigenvalue weighted by Crippen LogP contribution is -2.30. The minimum absolute atomic E-state index is 0.0166. The molecule has 0 fully saturated rings. The molecule has 0 amide bonds. The van der Waals surface area contributed by atoms with Gasteiger partial charge in [0.2, 0.25) is 0 Å². The maximum Gasteiger partial charge on any atom is 0.162 e. The van der Waals surface area contributed by atoms with Crippen molar-refractivity contribution in [1.82, 2.24) is 0 Å². The van der Waals surface area contributed by atoms with Crippen molar-refractivity contribution in [2.24, 2.45) is 0 Å². The van der Waals surface area contributed by atoms with Crippen LogP contribution in [0.2, 0.25) is 0 Å². The number of rotatable bonds is 2. The first-order chi connectivity index (χ1) is 15.2. The molecule has 1 aliphatic heterocycles. The van der Waals surface area contributed by atoms with Gasteiger partial charge in [-0.15, -0.1) is 0 Å². The van der Waals surface area contributed by atoms with Gasteiger partial charge in [0, 0.05) is 40.8 Å². The molecule has 1 aromatic heterocycles. The number of Topliss-reactive ketones (excluding diaryl/α,β-unsaturated/α-hetero) is 1. The van der Waals surface area contributed by atoms with Crippen molar-refractivity contribution in [2.75, 3.05) is 5.32 Å². The number of carbonyl (C=O) groups is 1. The topological polar surface area (TPSA) is 42.2 Å². The molecule has 2 aliphatic rings. The molecule has 0 bridgehead atoms. The van der Waals surface area contributed by atoms with Crippen LogP contribution in [-0.2, 0) is 4.79 Å². The summed E-state index contributed by atoms with van der Waals surface area (Å²) in [6, 6.07) is 22.8. The van der Waals surface area contributed by atoms with Gasteiger partial charge in [0.15, 0.2) is 5.78 Å². The van der Waals surface area contributed by atoms with Gasteiger partial charge in [-0.25, -0.2) is 4.39 Å². The Balaban J connectivity index is 1.60. The molecular weight excluding hydrogens is 389 g/mol. The maximum absolute atomic E-state index is 15.1. The number of halogens is 1. The maximum atomic E-state index is 15.1. The smallest absolute Gasteiger partial charge is 0.162 e. The molecule has 0 saturated carbocycles. The Kier molecular flexibility index (Phi) is 4.06. The highest BCUT2D eigenvalue weighted by molar-refractivity contribution is 6.04. The minimum atomic E-state index is -0.441. The van der Waals surface area contributed by atoms with Crippen LogP contribution in [-0.4, -0.2) is 5.78 Å².